The molecular formula is C25H29N3OS. The standard InChI is InChI=1S/C25H29N3OS/c29-23(9-7-19-4-2-1-3-5-19)27-13-10-25(11-14-27)12-15-28(18-25)24(30)26-22-17-20-6-8-21(22)16-20/h1-6,8,20-22H,10-18H2,(H,26,30)/t20-,21+,22?/m0/s1. The van der Waals surface area contributed by atoms with Crippen molar-refractivity contribution in [1.82, 2.24) is 15.1 Å². The van der Waals surface area contributed by atoms with Crippen LogP contribution in [0.15, 0.2) is 42.5 Å². The maximum absolute atomic E-state index is 12.5. The smallest absolute Gasteiger partial charge is 0.298 e. The van der Waals surface area contributed by atoms with E-state index in [1.54, 1.807) is 0 Å². The Morgan fingerprint density at radius 2 is 1.77 bits per heavy atom. The first-order valence-electron chi connectivity index (χ1n) is 11.2. The van der Waals surface area contributed by atoms with Gasteiger partial charge in [0.15, 0.2) is 5.11 Å². The summed E-state index contributed by atoms with van der Waals surface area (Å²) >= 11 is 5.77. The number of allylic oxidation sites excluding steroid dienone is 1. The van der Waals surface area contributed by atoms with Crippen LogP contribution in [0.1, 0.15) is 37.7 Å². The molecule has 2 aliphatic carbocycles. The fourth-order valence-corrected chi connectivity index (χ4v) is 5.93. The summed E-state index contributed by atoms with van der Waals surface area (Å²) in [5.74, 6) is 7.18. The Hall–Kier alpha value is -2.32. The lowest BCUT2D eigenvalue weighted by atomic mass is 9.78. The average molecular weight is 420 g/mol. The SMILES string of the molecule is O=C(C#Cc1ccccc1)N1CCC2(CC1)CCN(C(=S)NC1C[C@H]3C=C[C@@H]1C3)C2. The van der Waals surface area contributed by atoms with Crippen LogP contribution < -0.4 is 5.32 Å². The molecule has 4 nitrogen and oxygen atoms in total. The van der Waals surface area contributed by atoms with Crippen molar-refractivity contribution in [3.8, 4) is 11.8 Å². The molecule has 1 unspecified atom stereocenters. The number of amides is 1. The van der Waals surface area contributed by atoms with E-state index in [1.165, 1.54) is 19.3 Å². The van der Waals surface area contributed by atoms with Crippen molar-refractivity contribution in [3.63, 3.8) is 0 Å². The molecule has 1 amide bonds. The minimum atomic E-state index is -0.0508. The van der Waals surface area contributed by atoms with Crippen LogP contribution in [0.2, 0.25) is 0 Å². The van der Waals surface area contributed by atoms with Gasteiger partial charge in [-0.05, 0) is 73.7 Å². The minimum absolute atomic E-state index is 0.0508. The van der Waals surface area contributed by atoms with Gasteiger partial charge in [0.25, 0.3) is 5.91 Å². The molecule has 5 heteroatoms. The van der Waals surface area contributed by atoms with Crippen molar-refractivity contribution < 1.29 is 4.79 Å². The Bertz CT molecular complexity index is 907. The maximum Gasteiger partial charge on any atom is 0.298 e. The van der Waals surface area contributed by atoms with Crippen molar-refractivity contribution in [2.45, 2.75) is 38.1 Å². The van der Waals surface area contributed by atoms with E-state index >= 15 is 0 Å². The van der Waals surface area contributed by atoms with Gasteiger partial charge in [-0.15, -0.1) is 0 Å². The second-order valence-electron chi connectivity index (χ2n) is 9.42. The van der Waals surface area contributed by atoms with Crippen LogP contribution in [0.4, 0.5) is 0 Å². The number of carbonyl (C=O) groups excluding carboxylic acids is 1. The Balaban J connectivity index is 1.12. The Morgan fingerprint density at radius 1 is 1.03 bits per heavy atom. The molecule has 2 saturated heterocycles. The summed E-state index contributed by atoms with van der Waals surface area (Å²) in [5, 5.41) is 4.59. The molecule has 1 N–H and O–H groups in total. The summed E-state index contributed by atoms with van der Waals surface area (Å²) < 4.78 is 0. The highest BCUT2D eigenvalue weighted by Crippen LogP contribution is 2.41. The zero-order valence-corrected chi connectivity index (χ0v) is 18.2. The Kier molecular flexibility index (Phi) is 5.28. The lowest BCUT2D eigenvalue weighted by Crippen LogP contribution is -2.47. The third-order valence-electron chi connectivity index (χ3n) is 7.51. The predicted octanol–water partition coefficient (Wildman–Crippen LogP) is 3.19. The number of carbonyl (C=O) groups is 1. The highest BCUT2D eigenvalue weighted by atomic mass is 32.1. The zero-order valence-electron chi connectivity index (χ0n) is 17.3. The van der Waals surface area contributed by atoms with Crippen LogP contribution in [0.25, 0.3) is 0 Å². The minimum Gasteiger partial charge on any atom is -0.359 e. The van der Waals surface area contributed by atoms with Crippen LogP contribution in [-0.4, -0.2) is 53.0 Å². The Labute approximate surface area is 184 Å². The van der Waals surface area contributed by atoms with Gasteiger partial charge in [-0.1, -0.05) is 36.3 Å². The van der Waals surface area contributed by atoms with Gasteiger partial charge in [0.1, 0.15) is 0 Å². The number of nitrogens with zero attached hydrogens (tertiary/aromatic N) is 2. The molecule has 2 bridgehead atoms. The van der Waals surface area contributed by atoms with E-state index in [1.807, 2.05) is 35.2 Å². The first-order valence-corrected chi connectivity index (χ1v) is 11.6. The molecule has 0 aromatic heterocycles. The summed E-state index contributed by atoms with van der Waals surface area (Å²) in [5.41, 5.74) is 1.18. The molecule has 4 aliphatic rings. The van der Waals surface area contributed by atoms with Crippen LogP contribution >= 0.6 is 12.2 Å². The van der Waals surface area contributed by atoms with Crippen LogP contribution in [0, 0.1) is 29.1 Å². The fraction of sp³-hybridized carbons (Fsp3) is 0.520. The monoisotopic (exact) mass is 419 g/mol. The van der Waals surface area contributed by atoms with Gasteiger partial charge in [-0.3, -0.25) is 4.79 Å². The molecule has 3 atom stereocenters. The van der Waals surface area contributed by atoms with E-state index in [0.717, 1.165) is 55.6 Å². The number of rotatable bonds is 1. The summed E-state index contributed by atoms with van der Waals surface area (Å²) in [4.78, 5) is 16.8. The molecule has 5 rings (SSSR count). The van der Waals surface area contributed by atoms with Gasteiger partial charge in [-0.2, -0.15) is 0 Å². The first-order chi connectivity index (χ1) is 14.6. The topological polar surface area (TPSA) is 35.6 Å². The summed E-state index contributed by atoms with van der Waals surface area (Å²) in [6, 6.07) is 10.2. The predicted molar refractivity (Wildman–Crippen MR) is 123 cm³/mol. The van der Waals surface area contributed by atoms with E-state index in [9.17, 15) is 4.79 Å². The van der Waals surface area contributed by atoms with Crippen LogP contribution in [-0.2, 0) is 4.79 Å². The third-order valence-corrected chi connectivity index (χ3v) is 7.89. The third kappa shape index (κ3) is 3.98. The molecule has 1 saturated carbocycles. The summed E-state index contributed by atoms with van der Waals surface area (Å²) in [6.07, 6.45) is 10.5. The Morgan fingerprint density at radius 3 is 2.43 bits per heavy atom. The highest BCUT2D eigenvalue weighted by molar-refractivity contribution is 7.80. The average Bonchev–Trinajstić information content (AvgIpc) is 3.50. The van der Waals surface area contributed by atoms with Crippen LogP contribution in [0.3, 0.4) is 0 Å². The van der Waals surface area contributed by atoms with Crippen molar-refractivity contribution in [2.24, 2.45) is 17.3 Å². The van der Waals surface area contributed by atoms with Crippen molar-refractivity contribution in [2.75, 3.05) is 26.2 Å². The van der Waals surface area contributed by atoms with Gasteiger partial charge < -0.3 is 15.1 Å². The van der Waals surface area contributed by atoms with Gasteiger partial charge in [0.2, 0.25) is 0 Å². The number of piperidine rings is 1. The molecule has 1 aromatic rings. The van der Waals surface area contributed by atoms with Crippen molar-refractivity contribution >= 4 is 23.2 Å². The van der Waals surface area contributed by atoms with Gasteiger partial charge in [-0.25, -0.2) is 0 Å². The number of fused-ring (bicyclic) bond motifs is 2. The second kappa shape index (κ2) is 8.07. The lowest BCUT2D eigenvalue weighted by molar-refractivity contribution is -0.127. The van der Waals surface area contributed by atoms with E-state index < -0.39 is 0 Å². The highest BCUT2D eigenvalue weighted by Gasteiger charge is 2.43. The van der Waals surface area contributed by atoms with Crippen molar-refractivity contribution in [1.29, 1.82) is 0 Å². The van der Waals surface area contributed by atoms with Gasteiger partial charge in [0.05, 0.1) is 0 Å². The largest absolute Gasteiger partial charge is 0.359 e. The van der Waals surface area contributed by atoms with E-state index in [2.05, 4.69) is 34.2 Å². The van der Waals surface area contributed by atoms with Crippen LogP contribution in [0.5, 0.6) is 0 Å². The van der Waals surface area contributed by atoms with E-state index in [4.69, 9.17) is 12.2 Å². The maximum atomic E-state index is 12.5. The molecule has 2 aliphatic heterocycles. The van der Waals surface area contributed by atoms with E-state index in [-0.39, 0.29) is 5.91 Å². The number of benzene rings is 1. The van der Waals surface area contributed by atoms with Gasteiger partial charge in [0, 0.05) is 43.7 Å². The second-order valence-corrected chi connectivity index (χ2v) is 9.80. The normalized spacial score (nSPS) is 28.5. The first kappa shape index (κ1) is 19.6. The molecule has 2 heterocycles. The quantitative estimate of drug-likeness (QED) is 0.431. The number of hydrogen-bond donors (Lipinski definition) is 1. The molecule has 0 radical (unpaired) electrons. The van der Waals surface area contributed by atoms with Crippen molar-refractivity contribution in [3.05, 3.63) is 48.0 Å². The zero-order chi connectivity index (χ0) is 20.6. The summed E-state index contributed by atoms with van der Waals surface area (Å²) in [7, 11) is 0. The number of hydrogen-bond acceptors (Lipinski definition) is 2. The molecule has 1 aromatic carbocycles. The molecular weight excluding hydrogens is 390 g/mol. The summed E-state index contributed by atoms with van der Waals surface area (Å²) in [6.45, 7) is 3.65. The number of thiocarbonyl (C=S) groups is 1. The molecule has 156 valence electrons. The fourth-order valence-electron chi connectivity index (χ4n) is 5.62. The van der Waals surface area contributed by atoms with E-state index in [0.29, 0.717) is 17.4 Å². The number of likely N-dealkylation sites (tertiary alicyclic amines) is 2. The molecule has 3 fully saturated rings. The molecule has 1 spiro atoms. The lowest BCUT2D eigenvalue weighted by Gasteiger charge is -2.39. The molecule has 30 heavy (non-hydrogen) atoms. The van der Waals surface area contributed by atoms with Gasteiger partial charge >= 0.3 is 0 Å². The number of nitrogens with one attached hydrogen (secondary N) is 1.